The third-order valence-corrected chi connectivity index (χ3v) is 1.97. The van der Waals surface area contributed by atoms with Gasteiger partial charge in [-0.2, -0.15) is 0 Å². The number of carbonyl (C=O) groups is 1. The second-order valence-corrected chi connectivity index (χ2v) is 3.49. The van der Waals surface area contributed by atoms with E-state index in [1.54, 1.807) is 19.1 Å². The summed E-state index contributed by atoms with van der Waals surface area (Å²) in [5, 5.41) is 13.3. The van der Waals surface area contributed by atoms with Gasteiger partial charge in [-0.05, 0) is 17.4 Å². The Morgan fingerprint density at radius 2 is 2.35 bits per heavy atom. The average Bonchev–Trinajstić information content (AvgIpc) is 2.59. The van der Waals surface area contributed by atoms with Gasteiger partial charge in [0.15, 0.2) is 11.5 Å². The fourth-order valence-electron chi connectivity index (χ4n) is 1.28. The fraction of sp³-hybridized carbons (Fsp3) is 0.400. The minimum Gasteiger partial charge on any atom is -0.358 e. The van der Waals surface area contributed by atoms with Crippen LogP contribution >= 0.6 is 0 Å². The molecule has 0 spiro atoms. The molecule has 0 saturated carbocycles. The first-order chi connectivity index (χ1) is 8.00. The summed E-state index contributed by atoms with van der Waals surface area (Å²) in [6.07, 6.45) is 3.91. The van der Waals surface area contributed by atoms with Crippen molar-refractivity contribution in [3.05, 3.63) is 27.7 Å². The van der Waals surface area contributed by atoms with Crippen molar-refractivity contribution in [1.29, 1.82) is 0 Å². The first-order valence-electron chi connectivity index (χ1n) is 5.12. The van der Waals surface area contributed by atoms with Crippen LogP contribution < -0.4 is 5.32 Å². The highest BCUT2D eigenvalue weighted by atomic mass is 16.6. The number of aryl methyl sites for hydroxylation is 1. The first kappa shape index (κ1) is 12.9. The number of nitrogens with zero attached hydrogens (tertiary/aromatic N) is 2. The largest absolute Gasteiger partial charge is 0.358 e. The van der Waals surface area contributed by atoms with Gasteiger partial charge >= 0.3 is 5.82 Å². The van der Waals surface area contributed by atoms with Crippen LogP contribution in [0.4, 0.5) is 5.82 Å². The lowest BCUT2D eigenvalue weighted by Gasteiger charge is -1.96. The Morgan fingerprint density at radius 3 is 2.94 bits per heavy atom. The number of rotatable bonds is 5. The first-order valence-corrected chi connectivity index (χ1v) is 5.12. The van der Waals surface area contributed by atoms with Gasteiger partial charge in [0.2, 0.25) is 5.91 Å². The normalized spacial score (nSPS) is 10.7. The number of carbonyl (C=O) groups excluding carboxylic acids is 1. The molecule has 0 atom stereocenters. The third kappa shape index (κ3) is 4.06. The number of imidazole rings is 1. The predicted octanol–water partition coefficient (Wildman–Crippen LogP) is 1.17. The Bertz CT molecular complexity index is 450. The molecule has 0 fully saturated rings. The molecule has 1 aromatic rings. The van der Waals surface area contributed by atoms with Gasteiger partial charge in [0.1, 0.15) is 0 Å². The predicted molar refractivity (Wildman–Crippen MR) is 62.3 cm³/mol. The van der Waals surface area contributed by atoms with E-state index in [4.69, 9.17) is 0 Å². The summed E-state index contributed by atoms with van der Waals surface area (Å²) in [6, 6.07) is 0. The Kier molecular flexibility index (Phi) is 4.38. The quantitative estimate of drug-likeness (QED) is 0.456. The van der Waals surface area contributed by atoms with Crippen molar-refractivity contribution in [3.63, 3.8) is 0 Å². The zero-order valence-electron chi connectivity index (χ0n) is 9.69. The molecule has 0 aliphatic rings. The lowest BCUT2D eigenvalue weighted by Crippen LogP contribution is -2.20. The number of nitro groups is 1. The summed E-state index contributed by atoms with van der Waals surface area (Å²) in [5.74, 6) is 0.288. The van der Waals surface area contributed by atoms with Crippen LogP contribution in [0.5, 0.6) is 0 Å². The van der Waals surface area contributed by atoms with Crippen LogP contribution in [0.15, 0.2) is 6.08 Å². The van der Waals surface area contributed by atoms with Crippen molar-refractivity contribution in [2.24, 2.45) is 0 Å². The number of hydrogen-bond acceptors (Lipinski definition) is 4. The van der Waals surface area contributed by atoms with E-state index in [0.29, 0.717) is 24.5 Å². The summed E-state index contributed by atoms with van der Waals surface area (Å²) in [4.78, 5) is 27.3. The summed E-state index contributed by atoms with van der Waals surface area (Å²) >= 11 is 0. The van der Waals surface area contributed by atoms with Gasteiger partial charge in [0.25, 0.3) is 0 Å². The molecular weight excluding hydrogens is 224 g/mol. The van der Waals surface area contributed by atoms with Crippen molar-refractivity contribution in [2.45, 2.75) is 20.3 Å². The molecule has 0 aliphatic carbocycles. The van der Waals surface area contributed by atoms with Crippen molar-refractivity contribution < 1.29 is 9.72 Å². The topological polar surface area (TPSA) is 101 Å². The van der Waals surface area contributed by atoms with E-state index >= 15 is 0 Å². The van der Waals surface area contributed by atoms with Crippen molar-refractivity contribution >= 4 is 17.8 Å². The average molecular weight is 238 g/mol. The van der Waals surface area contributed by atoms with Crippen LogP contribution in [-0.4, -0.2) is 27.3 Å². The van der Waals surface area contributed by atoms with E-state index in [1.807, 2.05) is 0 Å². The molecule has 7 heteroatoms. The number of H-pyrrole nitrogens is 1. The van der Waals surface area contributed by atoms with Gasteiger partial charge in [-0.1, -0.05) is 6.08 Å². The molecule has 1 amide bonds. The van der Waals surface area contributed by atoms with Gasteiger partial charge in [-0.25, -0.2) is 9.97 Å². The van der Waals surface area contributed by atoms with Crippen LogP contribution in [0.2, 0.25) is 0 Å². The molecule has 1 aromatic heterocycles. The summed E-state index contributed by atoms with van der Waals surface area (Å²) < 4.78 is 0. The maximum absolute atomic E-state index is 10.7. The van der Waals surface area contributed by atoms with Gasteiger partial charge in [-0.3, -0.25) is 4.79 Å². The highest BCUT2D eigenvalue weighted by molar-refractivity contribution is 5.72. The molecule has 17 heavy (non-hydrogen) atoms. The number of nitrogens with one attached hydrogen (secondary N) is 2. The number of aromatic amines is 1. The van der Waals surface area contributed by atoms with E-state index in [-0.39, 0.29) is 11.7 Å². The highest BCUT2D eigenvalue weighted by Crippen LogP contribution is 2.16. The standard InChI is InChI=1S/C10H14N4O3/c1-7-12-9(10(13-7)14(16)17)5-3-4-6-11-8(2)15/h3,5H,4,6H2,1-2H3,(H,11,15)(H,12,13). The van der Waals surface area contributed by atoms with Crippen LogP contribution in [-0.2, 0) is 4.79 Å². The van der Waals surface area contributed by atoms with E-state index in [1.165, 1.54) is 6.92 Å². The smallest absolute Gasteiger partial charge is 0.348 e. The SMILES string of the molecule is CC(=O)NCCC=Cc1nc(C)[nH]c1[N+](=O)[O-]. The second-order valence-electron chi connectivity index (χ2n) is 3.49. The second kappa shape index (κ2) is 5.78. The molecule has 2 N–H and O–H groups in total. The van der Waals surface area contributed by atoms with Gasteiger partial charge in [0.05, 0.1) is 0 Å². The maximum atomic E-state index is 10.7. The van der Waals surface area contributed by atoms with E-state index in [2.05, 4.69) is 15.3 Å². The third-order valence-electron chi connectivity index (χ3n) is 1.97. The van der Waals surface area contributed by atoms with Crippen molar-refractivity contribution in [3.8, 4) is 0 Å². The molecule has 1 rings (SSSR count). The summed E-state index contributed by atoms with van der Waals surface area (Å²) in [7, 11) is 0. The van der Waals surface area contributed by atoms with E-state index in [0.717, 1.165) is 0 Å². The lowest BCUT2D eigenvalue weighted by molar-refractivity contribution is -0.389. The Morgan fingerprint density at radius 1 is 1.65 bits per heavy atom. The molecule has 92 valence electrons. The Labute approximate surface area is 98.1 Å². The van der Waals surface area contributed by atoms with Crippen LogP contribution in [0.25, 0.3) is 6.08 Å². The zero-order valence-corrected chi connectivity index (χ0v) is 9.69. The molecule has 0 unspecified atom stereocenters. The molecule has 0 radical (unpaired) electrons. The number of amides is 1. The van der Waals surface area contributed by atoms with Crippen LogP contribution in [0.3, 0.4) is 0 Å². The van der Waals surface area contributed by atoms with Crippen molar-refractivity contribution in [2.75, 3.05) is 6.54 Å². The molecule has 0 bridgehead atoms. The minimum absolute atomic E-state index is 0.0972. The highest BCUT2D eigenvalue weighted by Gasteiger charge is 2.14. The lowest BCUT2D eigenvalue weighted by atomic mass is 10.3. The maximum Gasteiger partial charge on any atom is 0.348 e. The fourth-order valence-corrected chi connectivity index (χ4v) is 1.28. The zero-order chi connectivity index (χ0) is 12.8. The van der Waals surface area contributed by atoms with Gasteiger partial charge < -0.3 is 15.4 Å². The van der Waals surface area contributed by atoms with E-state index in [9.17, 15) is 14.9 Å². The molecule has 0 aliphatic heterocycles. The van der Waals surface area contributed by atoms with Gasteiger partial charge in [-0.15, -0.1) is 0 Å². The minimum atomic E-state index is -0.506. The monoisotopic (exact) mass is 238 g/mol. The number of aromatic nitrogens is 2. The summed E-state index contributed by atoms with van der Waals surface area (Å²) in [5.41, 5.74) is 0.301. The molecule has 7 nitrogen and oxygen atoms in total. The summed E-state index contributed by atoms with van der Waals surface area (Å²) in [6.45, 7) is 3.59. The van der Waals surface area contributed by atoms with Crippen molar-refractivity contribution in [1.82, 2.24) is 15.3 Å². The molecule has 1 heterocycles. The van der Waals surface area contributed by atoms with Crippen LogP contribution in [0.1, 0.15) is 24.9 Å². The van der Waals surface area contributed by atoms with E-state index < -0.39 is 4.92 Å². The molecular formula is C10H14N4O3. The Balaban J connectivity index is 2.58. The molecule has 0 saturated heterocycles. The van der Waals surface area contributed by atoms with Gasteiger partial charge in [0, 0.05) is 20.4 Å². The van der Waals surface area contributed by atoms with Crippen LogP contribution in [0, 0.1) is 17.0 Å². The molecule has 0 aromatic carbocycles. The number of hydrogen-bond donors (Lipinski definition) is 2. The Hall–Kier alpha value is -2.18.